The van der Waals surface area contributed by atoms with Crippen LogP contribution in [-0.2, 0) is 0 Å². The Hall–Kier alpha value is -2.98. The third-order valence-corrected chi connectivity index (χ3v) is 5.41. The van der Waals surface area contributed by atoms with Gasteiger partial charge in [-0.2, -0.15) is 0 Å². The third-order valence-electron chi connectivity index (χ3n) is 4.98. The number of fused-ring (bicyclic) bond motifs is 1. The van der Waals surface area contributed by atoms with Crippen molar-refractivity contribution in [2.24, 2.45) is 0 Å². The molecule has 148 valence electrons. The zero-order chi connectivity index (χ0) is 20.4. The van der Waals surface area contributed by atoms with Gasteiger partial charge in [0.1, 0.15) is 5.52 Å². The second kappa shape index (κ2) is 8.18. The number of nitrogens with zero attached hydrogens (tertiary/aromatic N) is 1. The summed E-state index contributed by atoms with van der Waals surface area (Å²) >= 11 is 6.17. The molecule has 0 saturated heterocycles. The summed E-state index contributed by atoms with van der Waals surface area (Å²) in [6.07, 6.45) is 1.05. The largest absolute Gasteiger partial charge is 0.436 e. The first-order valence-electron chi connectivity index (χ1n) is 9.82. The summed E-state index contributed by atoms with van der Waals surface area (Å²) in [7, 11) is 1.91. The van der Waals surface area contributed by atoms with Gasteiger partial charge in [-0.15, -0.1) is 0 Å². The summed E-state index contributed by atoms with van der Waals surface area (Å²) in [5, 5.41) is 7.43. The number of aryl methyl sites for hydroxylation is 1. The molecule has 0 bridgehead atoms. The standard InChI is InChI=1S/C24H24ClN3O/c1-4-11-27-21-9-7-18(26-3)14-19(21)24-28-22-13-17(6-10-23(22)29-24)16-5-8-20(25)15(2)12-16/h5-10,12-14,26-27H,4,11H2,1-3H3. The monoisotopic (exact) mass is 405 g/mol. The lowest BCUT2D eigenvalue weighted by atomic mass is 10.0. The van der Waals surface area contributed by atoms with Crippen molar-refractivity contribution in [3.63, 3.8) is 0 Å². The minimum atomic E-state index is 0.611. The van der Waals surface area contributed by atoms with Gasteiger partial charge in [-0.25, -0.2) is 4.98 Å². The first kappa shape index (κ1) is 19.3. The van der Waals surface area contributed by atoms with E-state index in [2.05, 4.69) is 47.9 Å². The van der Waals surface area contributed by atoms with E-state index in [-0.39, 0.29) is 0 Å². The minimum Gasteiger partial charge on any atom is -0.436 e. The van der Waals surface area contributed by atoms with E-state index in [0.717, 1.165) is 62.7 Å². The Balaban J connectivity index is 1.77. The number of oxazole rings is 1. The number of hydrogen-bond donors (Lipinski definition) is 2. The van der Waals surface area contributed by atoms with Crippen LogP contribution in [0, 0.1) is 6.92 Å². The van der Waals surface area contributed by atoms with Gasteiger partial charge < -0.3 is 15.1 Å². The van der Waals surface area contributed by atoms with Gasteiger partial charge in [-0.3, -0.25) is 0 Å². The normalized spacial score (nSPS) is 11.0. The van der Waals surface area contributed by atoms with E-state index in [9.17, 15) is 0 Å². The number of anilines is 2. The molecule has 3 aromatic carbocycles. The Morgan fingerprint density at radius 2 is 1.79 bits per heavy atom. The van der Waals surface area contributed by atoms with Gasteiger partial charge in [0.2, 0.25) is 5.89 Å². The van der Waals surface area contributed by atoms with Crippen LogP contribution in [0.5, 0.6) is 0 Å². The number of aromatic nitrogens is 1. The van der Waals surface area contributed by atoms with Crippen LogP contribution in [0.15, 0.2) is 59.0 Å². The van der Waals surface area contributed by atoms with Gasteiger partial charge in [0.15, 0.2) is 5.58 Å². The maximum atomic E-state index is 6.17. The topological polar surface area (TPSA) is 50.1 Å². The molecule has 1 heterocycles. The van der Waals surface area contributed by atoms with Crippen molar-refractivity contribution in [2.75, 3.05) is 24.2 Å². The molecule has 0 fully saturated rings. The fourth-order valence-corrected chi connectivity index (χ4v) is 3.45. The number of rotatable bonds is 6. The van der Waals surface area contributed by atoms with Crippen molar-refractivity contribution >= 4 is 34.1 Å². The molecule has 1 aromatic heterocycles. The van der Waals surface area contributed by atoms with E-state index in [4.69, 9.17) is 21.0 Å². The lowest BCUT2D eigenvalue weighted by Gasteiger charge is -2.11. The molecule has 0 aliphatic carbocycles. The smallest absolute Gasteiger partial charge is 0.229 e. The zero-order valence-corrected chi connectivity index (χ0v) is 17.6. The predicted octanol–water partition coefficient (Wildman–Crippen LogP) is 6.99. The van der Waals surface area contributed by atoms with Gasteiger partial charge in [0.05, 0.1) is 5.56 Å². The van der Waals surface area contributed by atoms with Crippen LogP contribution < -0.4 is 10.6 Å². The number of hydrogen-bond acceptors (Lipinski definition) is 4. The molecule has 4 aromatic rings. The number of benzene rings is 3. The molecular weight excluding hydrogens is 382 g/mol. The molecule has 0 unspecified atom stereocenters. The lowest BCUT2D eigenvalue weighted by Crippen LogP contribution is -2.02. The number of nitrogens with one attached hydrogen (secondary N) is 2. The lowest BCUT2D eigenvalue weighted by molar-refractivity contribution is 0.620. The summed E-state index contributed by atoms with van der Waals surface area (Å²) in [5.41, 5.74) is 7.84. The van der Waals surface area contributed by atoms with Crippen LogP contribution in [0.3, 0.4) is 0 Å². The summed E-state index contributed by atoms with van der Waals surface area (Å²) in [5.74, 6) is 0.611. The van der Waals surface area contributed by atoms with Gasteiger partial charge in [0.25, 0.3) is 0 Å². The van der Waals surface area contributed by atoms with E-state index < -0.39 is 0 Å². The molecule has 0 atom stereocenters. The summed E-state index contributed by atoms with van der Waals surface area (Å²) in [4.78, 5) is 4.79. The Labute approximate surface area is 175 Å². The molecule has 0 aliphatic rings. The van der Waals surface area contributed by atoms with Crippen LogP contribution in [0.1, 0.15) is 18.9 Å². The molecule has 0 radical (unpaired) electrons. The second-order valence-electron chi connectivity index (χ2n) is 7.10. The van der Waals surface area contributed by atoms with Gasteiger partial charge in [0, 0.05) is 30.0 Å². The highest BCUT2D eigenvalue weighted by atomic mass is 35.5. The SMILES string of the molecule is CCCNc1ccc(NC)cc1-c1nc2cc(-c3ccc(Cl)c(C)c3)ccc2o1. The zero-order valence-electron chi connectivity index (χ0n) is 16.8. The highest BCUT2D eigenvalue weighted by Crippen LogP contribution is 2.34. The first-order valence-corrected chi connectivity index (χ1v) is 10.2. The summed E-state index contributed by atoms with van der Waals surface area (Å²) in [6, 6.07) is 18.3. The Morgan fingerprint density at radius 1 is 1.00 bits per heavy atom. The van der Waals surface area contributed by atoms with Gasteiger partial charge in [-0.1, -0.05) is 30.7 Å². The Morgan fingerprint density at radius 3 is 2.55 bits per heavy atom. The molecule has 5 heteroatoms. The molecule has 0 amide bonds. The van der Waals surface area contributed by atoms with Crippen molar-refractivity contribution in [2.45, 2.75) is 20.3 Å². The molecule has 0 saturated carbocycles. The average Bonchev–Trinajstić information content (AvgIpc) is 3.17. The van der Waals surface area contributed by atoms with E-state index in [0.29, 0.717) is 5.89 Å². The van der Waals surface area contributed by atoms with E-state index >= 15 is 0 Å². The van der Waals surface area contributed by atoms with E-state index in [1.54, 1.807) is 0 Å². The summed E-state index contributed by atoms with van der Waals surface area (Å²) in [6.45, 7) is 5.05. The average molecular weight is 406 g/mol. The molecule has 0 aliphatic heterocycles. The molecule has 4 nitrogen and oxygen atoms in total. The highest BCUT2D eigenvalue weighted by Gasteiger charge is 2.14. The van der Waals surface area contributed by atoms with Crippen molar-refractivity contribution < 1.29 is 4.42 Å². The van der Waals surface area contributed by atoms with Crippen molar-refractivity contribution in [3.8, 4) is 22.6 Å². The molecule has 2 N–H and O–H groups in total. The third kappa shape index (κ3) is 3.94. The van der Waals surface area contributed by atoms with Crippen LogP contribution in [-0.4, -0.2) is 18.6 Å². The number of halogens is 1. The van der Waals surface area contributed by atoms with E-state index in [1.165, 1.54) is 0 Å². The summed E-state index contributed by atoms with van der Waals surface area (Å²) < 4.78 is 6.11. The van der Waals surface area contributed by atoms with Gasteiger partial charge in [-0.05, 0) is 72.5 Å². The predicted molar refractivity (Wildman–Crippen MR) is 123 cm³/mol. The van der Waals surface area contributed by atoms with Crippen LogP contribution in [0.4, 0.5) is 11.4 Å². The van der Waals surface area contributed by atoms with Crippen molar-refractivity contribution in [1.82, 2.24) is 4.98 Å². The van der Waals surface area contributed by atoms with Crippen LogP contribution in [0.2, 0.25) is 5.02 Å². The minimum absolute atomic E-state index is 0.611. The van der Waals surface area contributed by atoms with Gasteiger partial charge >= 0.3 is 0 Å². The Kier molecular flexibility index (Phi) is 5.45. The van der Waals surface area contributed by atoms with Crippen LogP contribution >= 0.6 is 11.6 Å². The molecular formula is C24H24ClN3O. The second-order valence-corrected chi connectivity index (χ2v) is 7.51. The Bertz CT molecular complexity index is 1170. The fraction of sp³-hybridized carbons (Fsp3) is 0.208. The molecule has 4 rings (SSSR count). The molecule has 29 heavy (non-hydrogen) atoms. The quantitative estimate of drug-likeness (QED) is 0.363. The van der Waals surface area contributed by atoms with E-state index in [1.807, 2.05) is 38.2 Å². The maximum Gasteiger partial charge on any atom is 0.229 e. The fourth-order valence-electron chi connectivity index (χ4n) is 3.34. The maximum absolute atomic E-state index is 6.17. The van der Waals surface area contributed by atoms with Crippen molar-refractivity contribution in [3.05, 3.63) is 65.2 Å². The molecule has 0 spiro atoms. The van der Waals surface area contributed by atoms with Crippen molar-refractivity contribution in [1.29, 1.82) is 0 Å². The highest BCUT2D eigenvalue weighted by molar-refractivity contribution is 6.31. The first-order chi connectivity index (χ1) is 14.1. The van der Waals surface area contributed by atoms with Crippen LogP contribution in [0.25, 0.3) is 33.7 Å².